The standard InChI is InChI=1S/C18H19F3N4O2/c1-17(2,26)8-9-22-15-6-7-16-23-11-14(25(16)24-15)12-4-3-5-13(10-12)27-18(19,20)21/h3-7,10-11,26H,8-9H2,1-2H3,(H,22,24). The third-order valence-electron chi connectivity index (χ3n) is 3.77. The summed E-state index contributed by atoms with van der Waals surface area (Å²) >= 11 is 0. The molecule has 2 N–H and O–H groups in total. The molecule has 2 heterocycles. The molecule has 0 bridgehead atoms. The number of hydrogen-bond donors (Lipinski definition) is 2. The maximum atomic E-state index is 12.4. The second-order valence-electron chi connectivity index (χ2n) is 6.70. The summed E-state index contributed by atoms with van der Waals surface area (Å²) in [5.74, 6) is 0.253. The van der Waals surface area contributed by atoms with Crippen molar-refractivity contribution in [3.63, 3.8) is 0 Å². The fourth-order valence-electron chi connectivity index (χ4n) is 2.51. The van der Waals surface area contributed by atoms with Crippen molar-refractivity contribution in [1.29, 1.82) is 0 Å². The lowest BCUT2D eigenvalue weighted by atomic mass is 10.1. The molecular weight excluding hydrogens is 361 g/mol. The molecule has 0 saturated heterocycles. The molecule has 27 heavy (non-hydrogen) atoms. The van der Waals surface area contributed by atoms with Crippen molar-refractivity contribution in [2.24, 2.45) is 0 Å². The van der Waals surface area contributed by atoms with Crippen LogP contribution in [0, 0.1) is 0 Å². The highest BCUT2D eigenvalue weighted by atomic mass is 19.4. The molecule has 6 nitrogen and oxygen atoms in total. The van der Waals surface area contributed by atoms with Gasteiger partial charge in [0.1, 0.15) is 11.6 Å². The fourth-order valence-corrected chi connectivity index (χ4v) is 2.51. The Morgan fingerprint density at radius 3 is 2.67 bits per heavy atom. The normalized spacial score (nSPS) is 12.4. The summed E-state index contributed by atoms with van der Waals surface area (Å²) in [6, 6.07) is 9.15. The van der Waals surface area contributed by atoms with Crippen LogP contribution in [0.2, 0.25) is 0 Å². The number of rotatable bonds is 6. The Labute approximate surface area is 153 Å². The van der Waals surface area contributed by atoms with Gasteiger partial charge in [0.05, 0.1) is 17.5 Å². The van der Waals surface area contributed by atoms with Crippen LogP contribution in [0.5, 0.6) is 5.75 Å². The molecule has 0 aliphatic carbocycles. The fraction of sp³-hybridized carbons (Fsp3) is 0.333. The Balaban J connectivity index is 1.87. The van der Waals surface area contributed by atoms with Crippen molar-refractivity contribution in [3.8, 4) is 17.0 Å². The molecule has 0 aliphatic heterocycles. The number of halogens is 3. The van der Waals surface area contributed by atoms with Crippen molar-refractivity contribution < 1.29 is 23.0 Å². The predicted octanol–water partition coefficient (Wildman–Crippen LogP) is 3.87. The highest BCUT2D eigenvalue weighted by Crippen LogP contribution is 2.28. The van der Waals surface area contributed by atoms with Crippen LogP contribution in [0.3, 0.4) is 0 Å². The van der Waals surface area contributed by atoms with Gasteiger partial charge in [0.2, 0.25) is 0 Å². The van der Waals surface area contributed by atoms with Crippen LogP contribution < -0.4 is 10.1 Å². The topological polar surface area (TPSA) is 71.7 Å². The van der Waals surface area contributed by atoms with Crippen molar-refractivity contribution in [2.45, 2.75) is 32.2 Å². The van der Waals surface area contributed by atoms with E-state index < -0.39 is 12.0 Å². The number of aromatic nitrogens is 3. The first-order valence-electron chi connectivity index (χ1n) is 8.28. The summed E-state index contributed by atoms with van der Waals surface area (Å²) in [6.45, 7) is 3.95. The van der Waals surface area contributed by atoms with E-state index >= 15 is 0 Å². The second-order valence-corrected chi connectivity index (χ2v) is 6.70. The van der Waals surface area contributed by atoms with Gasteiger partial charge in [-0.05, 0) is 44.5 Å². The summed E-state index contributed by atoms with van der Waals surface area (Å²) < 4.78 is 42.9. The number of alkyl halides is 3. The number of nitrogens with zero attached hydrogens (tertiary/aromatic N) is 3. The molecule has 0 saturated carbocycles. The van der Waals surface area contributed by atoms with E-state index in [-0.39, 0.29) is 5.75 Å². The molecule has 3 rings (SSSR count). The SMILES string of the molecule is CC(C)(O)CCNc1ccc2ncc(-c3cccc(OC(F)(F)F)c3)n2n1. The second kappa shape index (κ2) is 7.07. The Morgan fingerprint density at radius 1 is 1.19 bits per heavy atom. The number of hydrogen-bond acceptors (Lipinski definition) is 5. The average molecular weight is 380 g/mol. The molecule has 0 fully saturated rings. The maximum absolute atomic E-state index is 12.4. The van der Waals surface area contributed by atoms with Gasteiger partial charge in [-0.1, -0.05) is 12.1 Å². The van der Waals surface area contributed by atoms with Crippen LogP contribution in [-0.2, 0) is 0 Å². The van der Waals surface area contributed by atoms with Gasteiger partial charge in [0.15, 0.2) is 5.65 Å². The zero-order valence-electron chi connectivity index (χ0n) is 14.8. The number of nitrogens with one attached hydrogen (secondary N) is 1. The minimum absolute atomic E-state index is 0.311. The summed E-state index contributed by atoms with van der Waals surface area (Å²) in [5.41, 5.74) is 0.783. The molecule has 0 atom stereocenters. The smallest absolute Gasteiger partial charge is 0.406 e. The van der Waals surface area contributed by atoms with Crippen LogP contribution in [-0.4, -0.2) is 38.2 Å². The molecule has 0 unspecified atom stereocenters. The molecule has 1 aromatic carbocycles. The largest absolute Gasteiger partial charge is 0.573 e. The average Bonchev–Trinajstić information content (AvgIpc) is 2.95. The van der Waals surface area contributed by atoms with Gasteiger partial charge < -0.3 is 15.2 Å². The number of imidazole rings is 1. The lowest BCUT2D eigenvalue weighted by Crippen LogP contribution is -2.23. The summed E-state index contributed by atoms with van der Waals surface area (Å²) in [6.07, 6.45) is -2.69. The minimum atomic E-state index is -4.76. The van der Waals surface area contributed by atoms with Crippen LogP contribution in [0.15, 0.2) is 42.6 Å². The zero-order valence-corrected chi connectivity index (χ0v) is 14.8. The number of fused-ring (bicyclic) bond motifs is 1. The van der Waals surface area contributed by atoms with Crippen molar-refractivity contribution in [1.82, 2.24) is 14.6 Å². The van der Waals surface area contributed by atoms with E-state index in [0.29, 0.717) is 35.7 Å². The van der Waals surface area contributed by atoms with Gasteiger partial charge in [-0.15, -0.1) is 18.3 Å². The third kappa shape index (κ3) is 5.10. The van der Waals surface area contributed by atoms with Crippen molar-refractivity contribution >= 4 is 11.5 Å². The van der Waals surface area contributed by atoms with Crippen molar-refractivity contribution in [2.75, 3.05) is 11.9 Å². The summed E-state index contributed by atoms with van der Waals surface area (Å²) in [4.78, 5) is 4.23. The van der Waals surface area contributed by atoms with Crippen LogP contribution in [0.4, 0.5) is 19.0 Å². The Bertz CT molecular complexity index is 932. The third-order valence-corrected chi connectivity index (χ3v) is 3.77. The summed E-state index contributed by atoms with van der Waals surface area (Å²) in [7, 11) is 0. The molecule has 9 heteroatoms. The Hall–Kier alpha value is -2.81. The van der Waals surface area contributed by atoms with Gasteiger partial charge in [-0.2, -0.15) is 0 Å². The highest BCUT2D eigenvalue weighted by Gasteiger charge is 2.31. The van der Waals surface area contributed by atoms with E-state index in [9.17, 15) is 18.3 Å². The molecule has 0 amide bonds. The minimum Gasteiger partial charge on any atom is -0.406 e. The molecule has 144 valence electrons. The van der Waals surface area contributed by atoms with E-state index in [1.807, 2.05) is 0 Å². The van der Waals surface area contributed by atoms with Gasteiger partial charge in [-0.3, -0.25) is 0 Å². The number of benzene rings is 1. The van der Waals surface area contributed by atoms with E-state index in [2.05, 4.69) is 20.1 Å². The van der Waals surface area contributed by atoms with Crippen LogP contribution in [0.25, 0.3) is 16.9 Å². The first-order chi connectivity index (χ1) is 12.6. The van der Waals surface area contributed by atoms with E-state index in [0.717, 1.165) is 0 Å². The first kappa shape index (κ1) is 19.0. The first-order valence-corrected chi connectivity index (χ1v) is 8.28. The summed E-state index contributed by atoms with van der Waals surface area (Å²) in [5, 5.41) is 17.3. The number of aliphatic hydroxyl groups is 1. The van der Waals surface area contributed by atoms with Gasteiger partial charge >= 0.3 is 6.36 Å². The quantitative estimate of drug-likeness (QED) is 0.679. The number of anilines is 1. The van der Waals surface area contributed by atoms with Gasteiger partial charge in [-0.25, -0.2) is 9.50 Å². The molecule has 3 aromatic rings. The highest BCUT2D eigenvalue weighted by molar-refractivity contribution is 5.65. The molecule has 0 aliphatic rings. The Morgan fingerprint density at radius 2 is 1.96 bits per heavy atom. The molecular formula is C18H19F3N4O2. The monoisotopic (exact) mass is 380 g/mol. The maximum Gasteiger partial charge on any atom is 0.573 e. The number of ether oxygens (including phenoxy) is 1. The zero-order chi connectivity index (χ0) is 19.7. The Kier molecular flexibility index (Phi) is 4.97. The molecule has 0 spiro atoms. The van der Waals surface area contributed by atoms with Crippen molar-refractivity contribution in [3.05, 3.63) is 42.6 Å². The van der Waals surface area contributed by atoms with E-state index in [1.165, 1.54) is 24.4 Å². The molecule has 2 aromatic heterocycles. The lowest BCUT2D eigenvalue weighted by Gasteiger charge is -2.17. The molecule has 0 radical (unpaired) electrons. The lowest BCUT2D eigenvalue weighted by molar-refractivity contribution is -0.274. The predicted molar refractivity (Wildman–Crippen MR) is 94.5 cm³/mol. The van der Waals surface area contributed by atoms with E-state index in [1.54, 1.807) is 36.6 Å². The van der Waals surface area contributed by atoms with E-state index in [4.69, 9.17) is 0 Å². The van der Waals surface area contributed by atoms with Crippen LogP contribution >= 0.6 is 0 Å². The van der Waals surface area contributed by atoms with Gasteiger partial charge in [0.25, 0.3) is 0 Å². The van der Waals surface area contributed by atoms with Crippen LogP contribution in [0.1, 0.15) is 20.3 Å². The van der Waals surface area contributed by atoms with Gasteiger partial charge in [0, 0.05) is 12.1 Å².